The topological polar surface area (TPSA) is 3.24 Å². The van der Waals surface area contributed by atoms with Gasteiger partial charge in [-0.05, 0) is 31.8 Å². The molecule has 0 radical (unpaired) electrons. The summed E-state index contributed by atoms with van der Waals surface area (Å²) in [4.78, 5) is 2.44. The van der Waals surface area contributed by atoms with E-state index < -0.39 is 0 Å². The Bertz CT molecular complexity index is 101. The van der Waals surface area contributed by atoms with Crippen molar-refractivity contribution in [2.24, 2.45) is 11.8 Å². The van der Waals surface area contributed by atoms with E-state index in [0.717, 1.165) is 11.8 Å². The number of piperidine rings is 1. The van der Waals surface area contributed by atoms with Crippen molar-refractivity contribution in [2.45, 2.75) is 26.7 Å². The largest absolute Gasteiger partial charge is 0.306 e. The summed E-state index contributed by atoms with van der Waals surface area (Å²) in [6, 6.07) is 0. The first-order chi connectivity index (χ1) is 4.74. The molecule has 1 heterocycles. The number of nitrogens with zero attached hydrogens (tertiary/aromatic N) is 1. The van der Waals surface area contributed by atoms with Crippen LogP contribution in [0.5, 0.6) is 0 Å². The molecule has 0 unspecified atom stereocenters. The molecule has 0 bridgehead atoms. The summed E-state index contributed by atoms with van der Waals surface area (Å²) >= 11 is 0. The van der Waals surface area contributed by atoms with Crippen LogP contribution in [-0.2, 0) is 0 Å². The zero-order chi connectivity index (χ0) is 7.56. The van der Waals surface area contributed by atoms with Gasteiger partial charge in [-0.1, -0.05) is 20.3 Å². The Hall–Kier alpha value is -0.0400. The van der Waals surface area contributed by atoms with Gasteiger partial charge in [-0.3, -0.25) is 0 Å². The maximum Gasteiger partial charge on any atom is 0.000662 e. The third kappa shape index (κ3) is 1.72. The summed E-state index contributed by atoms with van der Waals surface area (Å²) in [6.45, 7) is 7.30. The highest BCUT2D eigenvalue weighted by molar-refractivity contribution is 4.74. The lowest BCUT2D eigenvalue weighted by atomic mass is 9.85. The minimum absolute atomic E-state index is 0.920. The molecule has 0 saturated carbocycles. The molecule has 1 aliphatic heterocycles. The maximum atomic E-state index is 2.44. The molecule has 0 aliphatic carbocycles. The Balaban J connectivity index is 2.36. The molecule has 1 aliphatic rings. The maximum absolute atomic E-state index is 2.44. The van der Waals surface area contributed by atoms with E-state index in [1.807, 2.05) is 0 Å². The second-order valence-corrected chi connectivity index (χ2v) is 3.70. The van der Waals surface area contributed by atoms with Crippen LogP contribution >= 0.6 is 0 Å². The van der Waals surface area contributed by atoms with Gasteiger partial charge in [0.1, 0.15) is 0 Å². The minimum atomic E-state index is 0.920. The Morgan fingerprint density at radius 3 is 2.70 bits per heavy atom. The van der Waals surface area contributed by atoms with E-state index in [1.165, 1.54) is 25.9 Å². The molecule has 0 aromatic carbocycles. The third-order valence-corrected chi connectivity index (χ3v) is 2.81. The van der Waals surface area contributed by atoms with Crippen LogP contribution in [0.3, 0.4) is 0 Å². The Morgan fingerprint density at radius 1 is 1.50 bits per heavy atom. The summed E-state index contributed by atoms with van der Waals surface area (Å²) in [6.07, 6.45) is 2.78. The fourth-order valence-electron chi connectivity index (χ4n) is 2.01. The number of rotatable bonds is 1. The van der Waals surface area contributed by atoms with Crippen molar-refractivity contribution >= 4 is 0 Å². The first-order valence-electron chi connectivity index (χ1n) is 4.42. The summed E-state index contributed by atoms with van der Waals surface area (Å²) in [5, 5.41) is 0. The molecule has 60 valence electrons. The van der Waals surface area contributed by atoms with E-state index in [1.54, 1.807) is 0 Å². The van der Waals surface area contributed by atoms with Crippen LogP contribution in [0.25, 0.3) is 0 Å². The zero-order valence-electron chi connectivity index (χ0n) is 7.43. The van der Waals surface area contributed by atoms with Gasteiger partial charge in [0.15, 0.2) is 0 Å². The van der Waals surface area contributed by atoms with Crippen molar-refractivity contribution in [1.82, 2.24) is 4.90 Å². The monoisotopic (exact) mass is 141 g/mol. The predicted octanol–water partition coefficient (Wildman–Crippen LogP) is 1.98. The fourth-order valence-corrected chi connectivity index (χ4v) is 2.01. The minimum Gasteiger partial charge on any atom is -0.306 e. The molecule has 1 rings (SSSR count). The summed E-state index contributed by atoms with van der Waals surface area (Å²) in [7, 11) is 2.22. The number of likely N-dealkylation sites (tertiary alicyclic amines) is 1. The smallest absolute Gasteiger partial charge is 0.000662 e. The van der Waals surface area contributed by atoms with Gasteiger partial charge in [0, 0.05) is 6.54 Å². The normalized spacial score (nSPS) is 36.3. The highest BCUT2D eigenvalue weighted by atomic mass is 15.1. The molecule has 1 heteroatoms. The summed E-state index contributed by atoms with van der Waals surface area (Å²) < 4.78 is 0. The van der Waals surface area contributed by atoms with Crippen LogP contribution in [0.1, 0.15) is 26.7 Å². The van der Waals surface area contributed by atoms with E-state index in [4.69, 9.17) is 0 Å². The van der Waals surface area contributed by atoms with Crippen molar-refractivity contribution < 1.29 is 0 Å². The van der Waals surface area contributed by atoms with E-state index in [9.17, 15) is 0 Å². The molecule has 2 atom stereocenters. The van der Waals surface area contributed by atoms with Gasteiger partial charge in [-0.2, -0.15) is 0 Å². The highest BCUT2D eigenvalue weighted by Crippen LogP contribution is 2.24. The average molecular weight is 141 g/mol. The van der Waals surface area contributed by atoms with Crippen LogP contribution < -0.4 is 0 Å². The molecule has 0 spiro atoms. The second-order valence-electron chi connectivity index (χ2n) is 3.70. The Labute approximate surface area is 64.4 Å². The van der Waals surface area contributed by atoms with Crippen LogP contribution in [0.4, 0.5) is 0 Å². The average Bonchev–Trinajstić information content (AvgIpc) is 1.88. The van der Waals surface area contributed by atoms with Crippen LogP contribution in [0.2, 0.25) is 0 Å². The van der Waals surface area contributed by atoms with Gasteiger partial charge < -0.3 is 4.90 Å². The third-order valence-electron chi connectivity index (χ3n) is 2.81. The van der Waals surface area contributed by atoms with Crippen molar-refractivity contribution in [1.29, 1.82) is 0 Å². The first kappa shape index (κ1) is 8.06. The summed E-state index contributed by atoms with van der Waals surface area (Å²) in [5.41, 5.74) is 0. The predicted molar refractivity (Wildman–Crippen MR) is 45.1 cm³/mol. The van der Waals surface area contributed by atoms with E-state index in [-0.39, 0.29) is 0 Å². The SMILES string of the molecule is CC[C@@H]1CCN(C)C[C@@H]1C. The van der Waals surface area contributed by atoms with Gasteiger partial charge in [0.2, 0.25) is 0 Å². The lowest BCUT2D eigenvalue weighted by molar-refractivity contribution is 0.152. The number of hydrogen-bond acceptors (Lipinski definition) is 1. The van der Waals surface area contributed by atoms with Crippen LogP contribution in [-0.4, -0.2) is 25.0 Å². The van der Waals surface area contributed by atoms with Gasteiger partial charge in [0.25, 0.3) is 0 Å². The highest BCUT2D eigenvalue weighted by Gasteiger charge is 2.21. The van der Waals surface area contributed by atoms with E-state index in [2.05, 4.69) is 25.8 Å². The van der Waals surface area contributed by atoms with Gasteiger partial charge in [-0.15, -0.1) is 0 Å². The Kier molecular flexibility index (Phi) is 2.72. The van der Waals surface area contributed by atoms with Crippen molar-refractivity contribution in [2.75, 3.05) is 20.1 Å². The Morgan fingerprint density at radius 2 is 2.20 bits per heavy atom. The van der Waals surface area contributed by atoms with Crippen molar-refractivity contribution in [3.63, 3.8) is 0 Å². The molecule has 1 fully saturated rings. The van der Waals surface area contributed by atoms with Crippen LogP contribution in [0, 0.1) is 11.8 Å². The quantitative estimate of drug-likeness (QED) is 0.540. The van der Waals surface area contributed by atoms with Crippen molar-refractivity contribution in [3.05, 3.63) is 0 Å². The van der Waals surface area contributed by atoms with Crippen molar-refractivity contribution in [3.8, 4) is 0 Å². The van der Waals surface area contributed by atoms with Gasteiger partial charge in [0.05, 0.1) is 0 Å². The zero-order valence-corrected chi connectivity index (χ0v) is 7.43. The molecular formula is C9H19N. The van der Waals surface area contributed by atoms with Crippen LogP contribution in [0.15, 0.2) is 0 Å². The molecule has 0 aromatic rings. The lowest BCUT2D eigenvalue weighted by Gasteiger charge is -2.34. The lowest BCUT2D eigenvalue weighted by Crippen LogP contribution is -2.36. The molecule has 1 saturated heterocycles. The molecule has 1 nitrogen and oxygen atoms in total. The fraction of sp³-hybridized carbons (Fsp3) is 1.00. The molecule has 0 N–H and O–H groups in total. The molecule has 0 amide bonds. The van der Waals surface area contributed by atoms with Gasteiger partial charge in [-0.25, -0.2) is 0 Å². The van der Waals surface area contributed by atoms with Gasteiger partial charge >= 0.3 is 0 Å². The number of hydrogen-bond donors (Lipinski definition) is 0. The molecular weight excluding hydrogens is 122 g/mol. The second kappa shape index (κ2) is 3.38. The van der Waals surface area contributed by atoms with E-state index >= 15 is 0 Å². The summed E-state index contributed by atoms with van der Waals surface area (Å²) in [5.74, 6) is 1.92. The van der Waals surface area contributed by atoms with E-state index in [0.29, 0.717) is 0 Å². The molecule has 0 aromatic heterocycles. The molecule has 10 heavy (non-hydrogen) atoms. The first-order valence-corrected chi connectivity index (χ1v) is 4.42. The standard InChI is InChI=1S/C9H19N/c1-4-9-5-6-10(3)7-8(9)2/h8-9H,4-7H2,1-3H3/t8-,9+/m0/s1.